The predicted octanol–water partition coefficient (Wildman–Crippen LogP) is 2.56. The Morgan fingerprint density at radius 1 is 0.897 bits per heavy atom. The molecule has 0 aromatic heterocycles. The Bertz CT molecular complexity index is 894. The second-order valence-corrected chi connectivity index (χ2v) is 6.21. The van der Waals surface area contributed by atoms with Crippen LogP contribution in [0.2, 0.25) is 0 Å². The van der Waals surface area contributed by atoms with Gasteiger partial charge in [-0.3, -0.25) is 14.5 Å². The first-order valence-corrected chi connectivity index (χ1v) is 8.94. The van der Waals surface area contributed by atoms with E-state index in [-0.39, 0.29) is 30.5 Å². The maximum atomic E-state index is 12.4. The molecular weight excluding hydrogens is 378 g/mol. The highest BCUT2D eigenvalue weighted by Gasteiger charge is 2.34. The van der Waals surface area contributed by atoms with Crippen molar-refractivity contribution < 1.29 is 33.3 Å². The normalized spacial score (nSPS) is 12.6. The Kier molecular flexibility index (Phi) is 6.01. The van der Waals surface area contributed by atoms with Gasteiger partial charge in [0.1, 0.15) is 0 Å². The SMILES string of the molecule is COc1cc(C(=O)OCCCN2C(=O)c3ccccc3C2=O)cc(OC)c1OC. The highest BCUT2D eigenvalue weighted by Crippen LogP contribution is 2.38. The number of fused-ring (bicyclic) bond motifs is 1. The molecule has 0 aliphatic carbocycles. The summed E-state index contributed by atoms with van der Waals surface area (Å²) in [6, 6.07) is 9.67. The minimum Gasteiger partial charge on any atom is -0.493 e. The van der Waals surface area contributed by atoms with E-state index in [0.29, 0.717) is 34.8 Å². The van der Waals surface area contributed by atoms with Crippen molar-refractivity contribution in [3.05, 3.63) is 53.1 Å². The average molecular weight is 399 g/mol. The molecule has 0 fully saturated rings. The minimum absolute atomic E-state index is 0.0445. The molecule has 0 radical (unpaired) electrons. The smallest absolute Gasteiger partial charge is 0.338 e. The zero-order valence-electron chi connectivity index (χ0n) is 16.4. The lowest BCUT2D eigenvalue weighted by molar-refractivity contribution is 0.0481. The molecule has 8 nitrogen and oxygen atoms in total. The number of amides is 2. The summed E-state index contributed by atoms with van der Waals surface area (Å²) in [6.45, 7) is 0.206. The third kappa shape index (κ3) is 3.87. The molecule has 0 saturated heterocycles. The number of esters is 1. The van der Waals surface area contributed by atoms with Crippen LogP contribution in [0, 0.1) is 0 Å². The quantitative estimate of drug-likeness (QED) is 0.383. The van der Waals surface area contributed by atoms with Gasteiger partial charge in [0.2, 0.25) is 5.75 Å². The van der Waals surface area contributed by atoms with Crippen molar-refractivity contribution in [2.45, 2.75) is 6.42 Å². The Balaban J connectivity index is 1.59. The van der Waals surface area contributed by atoms with Crippen LogP contribution in [0.15, 0.2) is 36.4 Å². The standard InChI is InChI=1S/C21H21NO7/c1-26-16-11-13(12-17(27-2)18(16)28-3)21(25)29-10-6-9-22-19(23)14-7-4-5-8-15(14)20(22)24/h4-5,7-8,11-12H,6,9-10H2,1-3H3. The number of carbonyl (C=O) groups is 3. The van der Waals surface area contributed by atoms with Gasteiger partial charge in [0, 0.05) is 6.54 Å². The van der Waals surface area contributed by atoms with Gasteiger partial charge in [-0.25, -0.2) is 4.79 Å². The van der Waals surface area contributed by atoms with E-state index in [1.807, 2.05) is 0 Å². The molecule has 1 aliphatic rings. The highest BCUT2D eigenvalue weighted by atomic mass is 16.5. The number of hydrogen-bond acceptors (Lipinski definition) is 7. The van der Waals surface area contributed by atoms with Crippen molar-refractivity contribution in [1.82, 2.24) is 4.90 Å². The van der Waals surface area contributed by atoms with E-state index < -0.39 is 5.97 Å². The van der Waals surface area contributed by atoms with Crippen LogP contribution in [-0.2, 0) is 4.74 Å². The van der Waals surface area contributed by atoms with Crippen molar-refractivity contribution in [3.63, 3.8) is 0 Å². The number of carbonyl (C=O) groups excluding carboxylic acids is 3. The van der Waals surface area contributed by atoms with E-state index in [1.54, 1.807) is 24.3 Å². The van der Waals surface area contributed by atoms with Crippen molar-refractivity contribution >= 4 is 17.8 Å². The van der Waals surface area contributed by atoms with Crippen LogP contribution >= 0.6 is 0 Å². The monoisotopic (exact) mass is 399 g/mol. The number of nitrogens with zero attached hydrogens (tertiary/aromatic N) is 1. The fourth-order valence-corrected chi connectivity index (χ4v) is 3.11. The molecule has 0 saturated carbocycles. The number of ether oxygens (including phenoxy) is 4. The summed E-state index contributed by atoms with van der Waals surface area (Å²) in [7, 11) is 4.38. The largest absolute Gasteiger partial charge is 0.493 e. The molecule has 152 valence electrons. The molecule has 0 atom stereocenters. The maximum absolute atomic E-state index is 12.4. The van der Waals surface area contributed by atoms with Gasteiger partial charge in [-0.1, -0.05) is 12.1 Å². The molecule has 0 bridgehead atoms. The molecule has 0 spiro atoms. The van der Waals surface area contributed by atoms with Crippen LogP contribution in [0.1, 0.15) is 37.5 Å². The second kappa shape index (κ2) is 8.64. The summed E-state index contributed by atoms with van der Waals surface area (Å²) in [5, 5.41) is 0. The van der Waals surface area contributed by atoms with Gasteiger partial charge in [0.25, 0.3) is 11.8 Å². The zero-order chi connectivity index (χ0) is 21.0. The third-order valence-electron chi connectivity index (χ3n) is 4.54. The molecule has 1 aliphatic heterocycles. The maximum Gasteiger partial charge on any atom is 0.338 e. The molecule has 29 heavy (non-hydrogen) atoms. The van der Waals surface area contributed by atoms with Crippen molar-refractivity contribution in [3.8, 4) is 17.2 Å². The number of imide groups is 1. The molecule has 0 N–H and O–H groups in total. The summed E-state index contributed by atoms with van der Waals surface area (Å²) < 4.78 is 20.9. The summed E-state index contributed by atoms with van der Waals surface area (Å²) in [6.07, 6.45) is 0.321. The van der Waals surface area contributed by atoms with Crippen molar-refractivity contribution in [2.75, 3.05) is 34.5 Å². The molecule has 8 heteroatoms. The van der Waals surface area contributed by atoms with Crippen LogP contribution in [0.3, 0.4) is 0 Å². The molecule has 2 aromatic rings. The lowest BCUT2D eigenvalue weighted by Crippen LogP contribution is -2.31. The Labute approximate surface area is 167 Å². The summed E-state index contributed by atoms with van der Waals surface area (Å²) in [5.41, 5.74) is 1.03. The Morgan fingerprint density at radius 3 is 1.93 bits per heavy atom. The lowest BCUT2D eigenvalue weighted by atomic mass is 10.1. The van der Waals surface area contributed by atoms with Crippen molar-refractivity contribution in [2.24, 2.45) is 0 Å². The summed E-state index contributed by atoms with van der Waals surface area (Å²) in [5.74, 6) is -0.193. The van der Waals surface area contributed by atoms with Gasteiger partial charge in [-0.05, 0) is 30.7 Å². The Hall–Kier alpha value is -3.55. The van der Waals surface area contributed by atoms with E-state index in [1.165, 1.54) is 33.5 Å². The molecule has 0 unspecified atom stereocenters. The molecule has 3 rings (SSSR count). The van der Waals surface area contributed by atoms with E-state index in [9.17, 15) is 14.4 Å². The molecule has 1 heterocycles. The van der Waals surface area contributed by atoms with Gasteiger partial charge in [0.05, 0.1) is 44.6 Å². The zero-order valence-corrected chi connectivity index (χ0v) is 16.4. The van der Waals surface area contributed by atoms with Gasteiger partial charge in [-0.2, -0.15) is 0 Å². The van der Waals surface area contributed by atoms with Crippen LogP contribution in [-0.4, -0.2) is 57.2 Å². The predicted molar refractivity (Wildman–Crippen MR) is 103 cm³/mol. The van der Waals surface area contributed by atoms with Crippen LogP contribution in [0.25, 0.3) is 0 Å². The van der Waals surface area contributed by atoms with Gasteiger partial charge >= 0.3 is 5.97 Å². The molecule has 2 aromatic carbocycles. The van der Waals surface area contributed by atoms with Crippen LogP contribution < -0.4 is 14.2 Å². The molecular formula is C21H21NO7. The van der Waals surface area contributed by atoms with E-state index in [0.717, 1.165) is 4.90 Å². The van der Waals surface area contributed by atoms with Gasteiger partial charge in [-0.15, -0.1) is 0 Å². The summed E-state index contributed by atoms with van der Waals surface area (Å²) >= 11 is 0. The highest BCUT2D eigenvalue weighted by molar-refractivity contribution is 6.21. The van der Waals surface area contributed by atoms with E-state index >= 15 is 0 Å². The number of methoxy groups -OCH3 is 3. The fraction of sp³-hybridized carbons (Fsp3) is 0.286. The lowest BCUT2D eigenvalue weighted by Gasteiger charge is -2.15. The van der Waals surface area contributed by atoms with Crippen molar-refractivity contribution in [1.29, 1.82) is 0 Å². The van der Waals surface area contributed by atoms with E-state index in [4.69, 9.17) is 18.9 Å². The number of rotatable bonds is 8. The fourth-order valence-electron chi connectivity index (χ4n) is 3.11. The topological polar surface area (TPSA) is 91.4 Å². The minimum atomic E-state index is -0.577. The van der Waals surface area contributed by atoms with Gasteiger partial charge in [0.15, 0.2) is 11.5 Å². The molecule has 2 amide bonds. The first-order chi connectivity index (χ1) is 14.0. The number of benzene rings is 2. The van der Waals surface area contributed by atoms with E-state index in [2.05, 4.69) is 0 Å². The first kappa shape index (κ1) is 20.2. The Morgan fingerprint density at radius 2 is 1.45 bits per heavy atom. The third-order valence-corrected chi connectivity index (χ3v) is 4.54. The van der Waals surface area contributed by atoms with Crippen LogP contribution in [0.4, 0.5) is 0 Å². The van der Waals surface area contributed by atoms with Gasteiger partial charge < -0.3 is 18.9 Å². The second-order valence-electron chi connectivity index (χ2n) is 6.21. The van der Waals surface area contributed by atoms with Crippen LogP contribution in [0.5, 0.6) is 17.2 Å². The first-order valence-electron chi connectivity index (χ1n) is 8.94. The summed E-state index contributed by atoms with van der Waals surface area (Å²) in [4.78, 5) is 38.2. The number of hydrogen-bond donors (Lipinski definition) is 0. The average Bonchev–Trinajstić information content (AvgIpc) is 3.00.